The number of nitrogens with zero attached hydrogens (tertiary/aromatic N) is 2. The largest absolute Gasteiger partial charge is 0.352 e. The van der Waals surface area contributed by atoms with E-state index in [0.29, 0.717) is 27.1 Å². The first-order valence-electron chi connectivity index (χ1n) is 14.8. The number of rotatable bonds is 11. The molecular weight excluding hydrogens is 641 g/mol. The van der Waals surface area contributed by atoms with Gasteiger partial charge in [-0.25, -0.2) is 8.42 Å². The van der Waals surface area contributed by atoms with Gasteiger partial charge in [-0.2, -0.15) is 0 Å². The summed E-state index contributed by atoms with van der Waals surface area (Å²) in [6, 6.07) is 15.4. The predicted molar refractivity (Wildman–Crippen MR) is 178 cm³/mol. The van der Waals surface area contributed by atoms with E-state index in [-0.39, 0.29) is 29.1 Å². The summed E-state index contributed by atoms with van der Waals surface area (Å²) >= 11 is 19.5. The Morgan fingerprint density at radius 3 is 2.14 bits per heavy atom. The lowest BCUT2D eigenvalue weighted by molar-refractivity contribution is -0.140. The van der Waals surface area contributed by atoms with Gasteiger partial charge in [0.2, 0.25) is 11.8 Å². The first-order valence-corrected chi connectivity index (χ1v) is 17.4. The van der Waals surface area contributed by atoms with Crippen molar-refractivity contribution < 1.29 is 18.0 Å². The number of halogens is 3. The average molecular weight is 679 g/mol. The zero-order valence-corrected chi connectivity index (χ0v) is 28.2. The molecule has 1 aliphatic carbocycles. The van der Waals surface area contributed by atoms with Gasteiger partial charge in [0.1, 0.15) is 12.6 Å². The molecule has 236 valence electrons. The summed E-state index contributed by atoms with van der Waals surface area (Å²) in [7, 11) is -4.22. The van der Waals surface area contributed by atoms with Gasteiger partial charge in [-0.15, -0.1) is 0 Å². The van der Waals surface area contributed by atoms with Gasteiger partial charge in [-0.3, -0.25) is 13.9 Å². The fourth-order valence-electron chi connectivity index (χ4n) is 5.42. The van der Waals surface area contributed by atoms with Crippen LogP contribution < -0.4 is 9.62 Å². The smallest absolute Gasteiger partial charge is 0.264 e. The average Bonchev–Trinajstić information content (AvgIpc) is 2.99. The van der Waals surface area contributed by atoms with Gasteiger partial charge in [-0.05, 0) is 75.1 Å². The lowest BCUT2D eigenvalue weighted by Gasteiger charge is -2.35. The number of hydrogen-bond acceptors (Lipinski definition) is 4. The standard InChI is InChI=1S/C33H38Cl3N3O4S/c1-4-31(33(41)37-24-9-6-5-7-10-24)38(20-27-28(34)11-8-12-29(27)35)32(40)21-39(25-16-15-23(3)30(36)19-25)44(42,43)26-17-13-22(2)14-18-26/h8,11-19,24,31H,4-7,9-10,20-21H2,1-3H3,(H,37,41). The van der Waals surface area contributed by atoms with Crippen LogP contribution in [0.4, 0.5) is 5.69 Å². The fraction of sp³-hybridized carbons (Fsp3) is 0.394. The molecule has 1 atom stereocenters. The van der Waals surface area contributed by atoms with Crippen LogP contribution >= 0.6 is 34.8 Å². The Balaban J connectivity index is 1.76. The molecule has 0 radical (unpaired) electrons. The van der Waals surface area contributed by atoms with Crippen LogP contribution in [0.2, 0.25) is 15.1 Å². The van der Waals surface area contributed by atoms with Crippen molar-refractivity contribution in [2.75, 3.05) is 10.8 Å². The minimum absolute atomic E-state index is 0.0235. The lowest BCUT2D eigenvalue weighted by Crippen LogP contribution is -2.54. The van der Waals surface area contributed by atoms with E-state index < -0.39 is 28.5 Å². The summed E-state index contributed by atoms with van der Waals surface area (Å²) in [4.78, 5) is 29.5. The Morgan fingerprint density at radius 1 is 0.909 bits per heavy atom. The highest BCUT2D eigenvalue weighted by atomic mass is 35.5. The topological polar surface area (TPSA) is 86.8 Å². The van der Waals surface area contributed by atoms with Crippen LogP contribution in [0.5, 0.6) is 0 Å². The Labute approximate surface area is 275 Å². The number of hydrogen-bond donors (Lipinski definition) is 1. The molecule has 1 N–H and O–H groups in total. The molecule has 7 nitrogen and oxygen atoms in total. The van der Waals surface area contributed by atoms with Gasteiger partial charge in [0.15, 0.2) is 0 Å². The monoisotopic (exact) mass is 677 g/mol. The highest BCUT2D eigenvalue weighted by molar-refractivity contribution is 7.92. The van der Waals surface area contributed by atoms with Gasteiger partial charge in [0.25, 0.3) is 10.0 Å². The van der Waals surface area contributed by atoms with E-state index in [4.69, 9.17) is 34.8 Å². The van der Waals surface area contributed by atoms with Crippen LogP contribution in [0.1, 0.15) is 62.1 Å². The number of sulfonamides is 1. The predicted octanol–water partition coefficient (Wildman–Crippen LogP) is 7.72. The maximum absolute atomic E-state index is 14.4. The maximum atomic E-state index is 14.4. The molecule has 1 unspecified atom stereocenters. The van der Waals surface area contributed by atoms with Crippen molar-refractivity contribution in [3.05, 3.63) is 92.4 Å². The minimum Gasteiger partial charge on any atom is -0.352 e. The number of amides is 2. The molecule has 3 aromatic carbocycles. The zero-order chi connectivity index (χ0) is 32.0. The van der Waals surface area contributed by atoms with Crippen LogP contribution in [0.25, 0.3) is 0 Å². The van der Waals surface area contributed by atoms with E-state index >= 15 is 0 Å². The quantitative estimate of drug-likeness (QED) is 0.225. The first kappa shape index (κ1) is 34.1. The minimum atomic E-state index is -4.22. The third kappa shape index (κ3) is 8.08. The molecule has 0 aromatic heterocycles. The highest BCUT2D eigenvalue weighted by Gasteiger charge is 2.35. The Bertz CT molecular complexity index is 1570. The maximum Gasteiger partial charge on any atom is 0.264 e. The molecule has 1 fully saturated rings. The first-order chi connectivity index (χ1) is 20.9. The third-order valence-electron chi connectivity index (χ3n) is 8.06. The Morgan fingerprint density at radius 2 is 1.55 bits per heavy atom. The van der Waals surface area contributed by atoms with E-state index in [0.717, 1.165) is 47.5 Å². The highest BCUT2D eigenvalue weighted by Crippen LogP contribution is 2.31. The van der Waals surface area contributed by atoms with Crippen molar-refractivity contribution in [1.29, 1.82) is 0 Å². The van der Waals surface area contributed by atoms with Crippen molar-refractivity contribution in [3.8, 4) is 0 Å². The second kappa shape index (κ2) is 15.0. The van der Waals surface area contributed by atoms with E-state index in [1.165, 1.54) is 23.1 Å². The van der Waals surface area contributed by atoms with Crippen molar-refractivity contribution in [3.63, 3.8) is 0 Å². The summed E-state index contributed by atoms with van der Waals surface area (Å²) in [6.45, 7) is 4.83. The molecule has 4 rings (SSSR count). The van der Waals surface area contributed by atoms with Crippen LogP contribution in [0, 0.1) is 13.8 Å². The number of aryl methyl sites for hydroxylation is 2. The summed E-state index contributed by atoms with van der Waals surface area (Å²) in [5.41, 5.74) is 2.35. The molecule has 3 aromatic rings. The molecule has 0 bridgehead atoms. The van der Waals surface area contributed by atoms with E-state index in [9.17, 15) is 18.0 Å². The molecule has 1 saturated carbocycles. The Kier molecular flexibility index (Phi) is 11.6. The third-order valence-corrected chi connectivity index (χ3v) is 11.0. The fourth-order valence-corrected chi connectivity index (χ4v) is 7.52. The van der Waals surface area contributed by atoms with Crippen molar-refractivity contribution in [2.24, 2.45) is 0 Å². The number of nitrogens with one attached hydrogen (secondary N) is 1. The molecular formula is C33H38Cl3N3O4S. The molecule has 44 heavy (non-hydrogen) atoms. The van der Waals surface area contributed by atoms with Gasteiger partial charge >= 0.3 is 0 Å². The molecule has 0 heterocycles. The molecule has 11 heteroatoms. The normalized spacial score (nSPS) is 14.6. The second-order valence-electron chi connectivity index (χ2n) is 11.2. The summed E-state index contributed by atoms with van der Waals surface area (Å²) in [6.07, 6.45) is 5.25. The summed E-state index contributed by atoms with van der Waals surface area (Å²) in [5, 5.41) is 4.17. The van der Waals surface area contributed by atoms with Crippen molar-refractivity contribution in [2.45, 2.75) is 82.8 Å². The SMILES string of the molecule is CCC(C(=O)NC1CCCCC1)N(Cc1c(Cl)cccc1Cl)C(=O)CN(c1ccc(C)c(Cl)c1)S(=O)(=O)c1ccc(C)cc1. The van der Waals surface area contributed by atoms with Crippen molar-refractivity contribution >= 4 is 62.3 Å². The zero-order valence-electron chi connectivity index (χ0n) is 25.2. The number of carbonyl (C=O) groups is 2. The van der Waals surface area contributed by atoms with Crippen molar-refractivity contribution in [1.82, 2.24) is 10.2 Å². The van der Waals surface area contributed by atoms with Crippen LogP contribution in [-0.2, 0) is 26.2 Å². The molecule has 1 aliphatic rings. The van der Waals surface area contributed by atoms with Crippen LogP contribution in [-0.4, -0.2) is 43.8 Å². The van der Waals surface area contributed by atoms with Crippen LogP contribution in [0.3, 0.4) is 0 Å². The number of carbonyl (C=O) groups excluding carboxylic acids is 2. The summed E-state index contributed by atoms with van der Waals surface area (Å²) in [5.74, 6) is -0.874. The number of benzene rings is 3. The molecule has 0 spiro atoms. The molecule has 0 saturated heterocycles. The molecule has 2 amide bonds. The second-order valence-corrected chi connectivity index (χ2v) is 14.3. The van der Waals surface area contributed by atoms with Gasteiger partial charge in [0, 0.05) is 33.2 Å². The van der Waals surface area contributed by atoms with Gasteiger partial charge < -0.3 is 10.2 Å². The lowest BCUT2D eigenvalue weighted by atomic mass is 9.95. The van der Waals surface area contributed by atoms with Gasteiger partial charge in [-0.1, -0.05) is 90.8 Å². The van der Waals surface area contributed by atoms with Gasteiger partial charge in [0.05, 0.1) is 10.6 Å². The van der Waals surface area contributed by atoms with E-state index in [2.05, 4.69) is 5.32 Å². The van der Waals surface area contributed by atoms with E-state index in [1.807, 2.05) is 20.8 Å². The van der Waals surface area contributed by atoms with Crippen LogP contribution in [0.15, 0.2) is 65.6 Å². The number of anilines is 1. The summed E-state index contributed by atoms with van der Waals surface area (Å²) < 4.78 is 29.2. The Hall–Kier alpha value is -2.78. The molecule has 0 aliphatic heterocycles. The van der Waals surface area contributed by atoms with E-state index in [1.54, 1.807) is 42.5 Å².